The van der Waals surface area contributed by atoms with Crippen LogP contribution in [-0.2, 0) is 27.2 Å². The maximum atomic E-state index is 13.0. The Morgan fingerprint density at radius 1 is 1.16 bits per heavy atom. The number of allylic oxidation sites excluding steroid dienone is 1. The zero-order valence-electron chi connectivity index (χ0n) is 22.4. The molecule has 37 heavy (non-hydrogen) atoms. The van der Waals surface area contributed by atoms with Gasteiger partial charge in [-0.05, 0) is 75.8 Å². The number of rotatable bonds is 10. The Hall–Kier alpha value is -2.90. The highest BCUT2D eigenvalue weighted by Crippen LogP contribution is 2.32. The number of hydrogen-bond acceptors (Lipinski definition) is 6. The number of benzene rings is 1. The molecule has 0 saturated heterocycles. The van der Waals surface area contributed by atoms with Crippen LogP contribution in [0.1, 0.15) is 86.7 Å². The molecule has 6 nitrogen and oxygen atoms in total. The number of thiophene rings is 1. The molecule has 198 valence electrons. The number of imidazole rings is 1. The highest BCUT2D eigenvalue weighted by Gasteiger charge is 2.23. The number of halogens is 1. The average molecular weight is 543 g/mol. The predicted molar refractivity (Wildman–Crippen MR) is 150 cm³/mol. The summed E-state index contributed by atoms with van der Waals surface area (Å²) in [6.45, 7) is 12.1. The van der Waals surface area contributed by atoms with Gasteiger partial charge in [0.05, 0.1) is 36.2 Å². The van der Waals surface area contributed by atoms with Crippen LogP contribution in [0, 0.1) is 0 Å². The number of hydrogen-bond donors (Lipinski definition) is 0. The molecule has 2 aromatic heterocycles. The quantitative estimate of drug-likeness (QED) is 0.197. The Labute approximate surface area is 228 Å². The van der Waals surface area contributed by atoms with Gasteiger partial charge >= 0.3 is 11.9 Å². The van der Waals surface area contributed by atoms with E-state index in [-0.39, 0.29) is 5.97 Å². The molecular weight excluding hydrogens is 508 g/mol. The maximum Gasteiger partial charge on any atom is 0.339 e. The summed E-state index contributed by atoms with van der Waals surface area (Å²) in [5.74, 6) is 0.143. The van der Waals surface area contributed by atoms with Gasteiger partial charge in [0, 0.05) is 16.3 Å². The molecule has 0 atom stereocenters. The second kappa shape index (κ2) is 12.6. The van der Waals surface area contributed by atoms with E-state index in [0.717, 1.165) is 46.8 Å². The minimum Gasteiger partial charge on any atom is -0.462 e. The Kier molecular flexibility index (Phi) is 9.74. The molecule has 0 amide bonds. The van der Waals surface area contributed by atoms with Crippen LogP contribution in [0.15, 0.2) is 41.9 Å². The van der Waals surface area contributed by atoms with Crippen molar-refractivity contribution in [3.63, 3.8) is 0 Å². The van der Waals surface area contributed by atoms with Crippen molar-refractivity contribution >= 4 is 46.0 Å². The van der Waals surface area contributed by atoms with Crippen molar-refractivity contribution in [1.29, 1.82) is 0 Å². The summed E-state index contributed by atoms with van der Waals surface area (Å²) in [5, 5.41) is 2.41. The van der Waals surface area contributed by atoms with Gasteiger partial charge < -0.3 is 14.0 Å². The molecule has 0 unspecified atom stereocenters. The number of unbranched alkanes of at least 4 members (excludes halogenated alkanes) is 1. The van der Waals surface area contributed by atoms with E-state index in [1.165, 1.54) is 11.3 Å². The third-order valence-corrected chi connectivity index (χ3v) is 6.95. The summed E-state index contributed by atoms with van der Waals surface area (Å²) < 4.78 is 13.0. The largest absolute Gasteiger partial charge is 0.462 e. The van der Waals surface area contributed by atoms with Crippen molar-refractivity contribution in [2.45, 2.75) is 73.0 Å². The van der Waals surface area contributed by atoms with Crippen molar-refractivity contribution in [3.8, 4) is 0 Å². The van der Waals surface area contributed by atoms with E-state index in [0.29, 0.717) is 29.3 Å². The highest BCUT2D eigenvalue weighted by molar-refractivity contribution is 7.11. The molecule has 0 fully saturated rings. The van der Waals surface area contributed by atoms with Crippen molar-refractivity contribution in [2.75, 3.05) is 6.61 Å². The molecule has 3 rings (SSSR count). The van der Waals surface area contributed by atoms with Gasteiger partial charge in [-0.3, -0.25) is 0 Å². The molecule has 0 N–H and O–H groups in total. The van der Waals surface area contributed by atoms with Gasteiger partial charge in [-0.25, -0.2) is 14.6 Å². The zero-order chi connectivity index (χ0) is 27.2. The zero-order valence-corrected chi connectivity index (χ0v) is 24.0. The number of ether oxygens (including phenoxy) is 2. The van der Waals surface area contributed by atoms with Gasteiger partial charge in [0.25, 0.3) is 0 Å². The molecule has 0 saturated carbocycles. The predicted octanol–water partition coefficient (Wildman–Crippen LogP) is 7.44. The first-order valence-electron chi connectivity index (χ1n) is 12.5. The lowest BCUT2D eigenvalue weighted by atomic mass is 10.0. The first-order valence-corrected chi connectivity index (χ1v) is 13.8. The molecule has 0 spiro atoms. The smallest absolute Gasteiger partial charge is 0.339 e. The van der Waals surface area contributed by atoms with Gasteiger partial charge in [0.15, 0.2) is 0 Å². The summed E-state index contributed by atoms with van der Waals surface area (Å²) >= 11 is 8.16. The van der Waals surface area contributed by atoms with Crippen molar-refractivity contribution in [1.82, 2.24) is 9.55 Å². The summed E-state index contributed by atoms with van der Waals surface area (Å²) in [4.78, 5) is 31.1. The lowest BCUT2D eigenvalue weighted by molar-refractivity contribution is -0.136. The Bertz CT molecular complexity index is 1270. The van der Waals surface area contributed by atoms with Crippen LogP contribution in [0.4, 0.5) is 0 Å². The van der Waals surface area contributed by atoms with Crippen LogP contribution in [0.3, 0.4) is 0 Å². The molecule has 8 heteroatoms. The van der Waals surface area contributed by atoms with E-state index in [2.05, 4.69) is 11.5 Å². The molecule has 0 bridgehead atoms. The Morgan fingerprint density at radius 2 is 1.92 bits per heavy atom. The van der Waals surface area contributed by atoms with Gasteiger partial charge in [-0.15, -0.1) is 11.3 Å². The van der Waals surface area contributed by atoms with Crippen LogP contribution in [0.5, 0.6) is 0 Å². The monoisotopic (exact) mass is 542 g/mol. The molecular formula is C29H35ClN2O4S. The van der Waals surface area contributed by atoms with Crippen LogP contribution < -0.4 is 0 Å². The van der Waals surface area contributed by atoms with E-state index in [1.54, 1.807) is 19.1 Å². The first kappa shape index (κ1) is 28.7. The number of carbonyl (C=O) groups is 2. The molecule has 1 aromatic carbocycles. The second-order valence-electron chi connectivity index (χ2n) is 9.76. The normalized spacial score (nSPS) is 12.3. The maximum absolute atomic E-state index is 13.0. The standard InChI is InChI=1S/C29H35ClN2O4S/c1-7-9-12-25-31-17-23(19(3)26(28(34)35-8-2)24-11-10-15-37-24)32(25)18-21-14-13-20(16-22(21)30)27(33)36-29(4,5)6/h10-11,13-17H,7-9,12,18H2,1-6H3/b26-19-. The van der Waals surface area contributed by atoms with E-state index in [1.807, 2.05) is 57.5 Å². The van der Waals surface area contributed by atoms with Crippen molar-refractivity contribution < 1.29 is 19.1 Å². The van der Waals surface area contributed by atoms with E-state index in [4.69, 9.17) is 26.1 Å². The van der Waals surface area contributed by atoms with Crippen LogP contribution in [0.2, 0.25) is 5.02 Å². The van der Waals surface area contributed by atoms with Crippen molar-refractivity contribution in [3.05, 3.63) is 74.5 Å². The van der Waals surface area contributed by atoms with Crippen LogP contribution in [-0.4, -0.2) is 33.7 Å². The fraction of sp³-hybridized carbons (Fsp3) is 0.414. The molecule has 0 aliphatic rings. The highest BCUT2D eigenvalue weighted by atomic mass is 35.5. The third kappa shape index (κ3) is 7.33. The number of nitrogens with zero attached hydrogens (tertiary/aromatic N) is 2. The lowest BCUT2D eigenvalue weighted by Gasteiger charge is -2.20. The Morgan fingerprint density at radius 3 is 2.51 bits per heavy atom. The number of aryl methyl sites for hydroxylation is 1. The third-order valence-electron chi connectivity index (χ3n) is 5.71. The summed E-state index contributed by atoms with van der Waals surface area (Å²) in [7, 11) is 0. The van der Waals surface area contributed by atoms with E-state index < -0.39 is 11.6 Å². The average Bonchev–Trinajstić information content (AvgIpc) is 3.48. The van der Waals surface area contributed by atoms with Gasteiger partial charge in [0.1, 0.15) is 11.4 Å². The molecule has 3 aromatic rings. The van der Waals surface area contributed by atoms with Crippen LogP contribution in [0.25, 0.3) is 11.1 Å². The fourth-order valence-corrected chi connectivity index (χ4v) is 4.98. The van der Waals surface area contributed by atoms with E-state index in [9.17, 15) is 9.59 Å². The summed E-state index contributed by atoms with van der Waals surface area (Å²) in [6.07, 6.45) is 4.63. The second-order valence-corrected chi connectivity index (χ2v) is 11.1. The topological polar surface area (TPSA) is 70.4 Å². The molecule has 0 aliphatic carbocycles. The van der Waals surface area contributed by atoms with Crippen molar-refractivity contribution in [2.24, 2.45) is 0 Å². The Balaban J connectivity index is 2.05. The number of esters is 2. The summed E-state index contributed by atoms with van der Waals surface area (Å²) in [6, 6.07) is 9.06. The first-order chi connectivity index (χ1) is 17.6. The van der Waals surface area contributed by atoms with Crippen LogP contribution >= 0.6 is 22.9 Å². The number of aromatic nitrogens is 2. The van der Waals surface area contributed by atoms with Gasteiger partial charge in [0.2, 0.25) is 0 Å². The fourth-order valence-electron chi connectivity index (χ4n) is 3.92. The molecule has 0 radical (unpaired) electrons. The number of carbonyl (C=O) groups excluding carboxylic acids is 2. The lowest BCUT2D eigenvalue weighted by Crippen LogP contribution is -2.23. The van der Waals surface area contributed by atoms with Gasteiger partial charge in [-0.1, -0.05) is 37.1 Å². The minimum atomic E-state index is -0.592. The summed E-state index contributed by atoms with van der Waals surface area (Å²) in [5.41, 5.74) is 2.80. The SMILES string of the molecule is CCCCc1ncc(/C(C)=C(\C(=O)OCC)c2cccs2)n1Cc1ccc(C(=O)OC(C)(C)C)cc1Cl. The molecule has 0 aliphatic heterocycles. The molecule has 2 heterocycles. The van der Waals surface area contributed by atoms with E-state index >= 15 is 0 Å². The minimum absolute atomic E-state index is 0.293. The van der Waals surface area contributed by atoms with Gasteiger partial charge in [-0.2, -0.15) is 0 Å².